The summed E-state index contributed by atoms with van der Waals surface area (Å²) >= 11 is 0. The van der Waals surface area contributed by atoms with Crippen LogP contribution in [0.3, 0.4) is 0 Å². The summed E-state index contributed by atoms with van der Waals surface area (Å²) < 4.78 is 6.14. The number of nitrogens with zero attached hydrogens (tertiary/aromatic N) is 2. The largest absolute Gasteiger partial charge is 0.489 e. The molecule has 6 heteroatoms. The molecule has 1 N–H and O–H groups in total. The molecule has 2 aliphatic heterocycles. The Hall–Kier alpha value is -3.12. The fraction of sp³-hybridized carbons (Fsp3) is 0.448. The van der Waals surface area contributed by atoms with Crippen molar-refractivity contribution in [1.29, 1.82) is 0 Å². The number of benzene rings is 2. The average Bonchev–Trinajstić information content (AvgIpc) is 2.84. The molecule has 0 unspecified atom stereocenters. The van der Waals surface area contributed by atoms with Crippen LogP contribution in [0.15, 0.2) is 66.7 Å². The topological polar surface area (TPSA) is 61.9 Å². The number of ether oxygens (including phenoxy) is 1. The fourth-order valence-electron chi connectivity index (χ4n) is 5.03. The minimum absolute atomic E-state index is 0.0836. The third kappa shape index (κ3) is 7.18. The zero-order valence-corrected chi connectivity index (χ0v) is 20.9. The summed E-state index contributed by atoms with van der Waals surface area (Å²) in [7, 11) is 0. The van der Waals surface area contributed by atoms with E-state index in [4.69, 9.17) is 4.74 Å². The number of carbonyl (C=O) groups is 2. The van der Waals surface area contributed by atoms with Crippen molar-refractivity contribution in [3.05, 3.63) is 77.9 Å². The second-order valence-corrected chi connectivity index (χ2v) is 9.96. The molecule has 186 valence electrons. The number of piperidine rings is 1. The fourth-order valence-corrected chi connectivity index (χ4v) is 5.03. The van der Waals surface area contributed by atoms with Gasteiger partial charge in [-0.2, -0.15) is 0 Å². The summed E-state index contributed by atoms with van der Waals surface area (Å²) in [5.74, 6) is 1.42. The first-order chi connectivity index (χ1) is 17.0. The summed E-state index contributed by atoms with van der Waals surface area (Å²) in [4.78, 5) is 30.1. The summed E-state index contributed by atoms with van der Waals surface area (Å²) in [6, 6.07) is 18.5. The maximum Gasteiger partial charge on any atom is 0.236 e. The quantitative estimate of drug-likeness (QED) is 0.664. The number of fused-ring (bicyclic) bond motifs is 3. The van der Waals surface area contributed by atoms with Crippen molar-refractivity contribution in [2.24, 2.45) is 11.8 Å². The van der Waals surface area contributed by atoms with E-state index in [1.54, 1.807) is 0 Å². The Morgan fingerprint density at radius 1 is 1.09 bits per heavy atom. The second kappa shape index (κ2) is 12.0. The summed E-state index contributed by atoms with van der Waals surface area (Å²) in [5, 5.41) is 3.01. The van der Waals surface area contributed by atoms with Crippen molar-refractivity contribution < 1.29 is 14.3 Å². The van der Waals surface area contributed by atoms with Gasteiger partial charge in [-0.1, -0.05) is 60.7 Å². The molecule has 0 spiro atoms. The molecule has 0 aliphatic carbocycles. The van der Waals surface area contributed by atoms with Gasteiger partial charge in [0.15, 0.2) is 0 Å². The van der Waals surface area contributed by atoms with Crippen LogP contribution in [0.5, 0.6) is 5.75 Å². The van der Waals surface area contributed by atoms with Crippen LogP contribution < -0.4 is 10.1 Å². The maximum atomic E-state index is 13.5. The molecule has 35 heavy (non-hydrogen) atoms. The van der Waals surface area contributed by atoms with Crippen LogP contribution in [0.4, 0.5) is 0 Å². The Balaban J connectivity index is 1.55. The zero-order valence-electron chi connectivity index (χ0n) is 20.9. The van der Waals surface area contributed by atoms with Crippen LogP contribution in [-0.2, 0) is 22.7 Å². The predicted octanol–water partition coefficient (Wildman–Crippen LogP) is 4.02. The lowest BCUT2D eigenvalue weighted by molar-refractivity contribution is -0.135. The number of rotatable bonds is 5. The molecule has 2 heterocycles. The van der Waals surface area contributed by atoms with Gasteiger partial charge >= 0.3 is 0 Å². The van der Waals surface area contributed by atoms with Crippen molar-refractivity contribution in [1.82, 2.24) is 15.1 Å². The Labute approximate surface area is 208 Å². The van der Waals surface area contributed by atoms with E-state index in [2.05, 4.69) is 34.5 Å². The molecule has 2 aromatic rings. The van der Waals surface area contributed by atoms with Crippen LogP contribution in [-0.4, -0.2) is 53.9 Å². The van der Waals surface area contributed by atoms with Crippen LogP contribution in [0.25, 0.3) is 0 Å². The van der Waals surface area contributed by atoms with E-state index in [0.29, 0.717) is 45.8 Å². The highest BCUT2D eigenvalue weighted by Crippen LogP contribution is 2.29. The van der Waals surface area contributed by atoms with Gasteiger partial charge in [0, 0.05) is 44.2 Å². The van der Waals surface area contributed by atoms with Gasteiger partial charge in [0.25, 0.3) is 0 Å². The van der Waals surface area contributed by atoms with Crippen molar-refractivity contribution in [2.75, 3.05) is 26.2 Å². The van der Waals surface area contributed by atoms with Crippen LogP contribution in [0, 0.1) is 11.8 Å². The van der Waals surface area contributed by atoms with Gasteiger partial charge in [0.2, 0.25) is 11.8 Å². The summed E-state index contributed by atoms with van der Waals surface area (Å²) in [6.45, 7) is 7.42. The van der Waals surface area contributed by atoms with Crippen LogP contribution >= 0.6 is 0 Å². The van der Waals surface area contributed by atoms with Crippen LogP contribution in [0.2, 0.25) is 0 Å². The first kappa shape index (κ1) is 25.0. The lowest BCUT2D eigenvalue weighted by Gasteiger charge is -2.38. The molecule has 2 amide bonds. The van der Waals surface area contributed by atoms with Crippen molar-refractivity contribution in [2.45, 2.75) is 45.8 Å². The highest BCUT2D eigenvalue weighted by atomic mass is 16.5. The number of para-hydroxylation sites is 1. The number of carbonyl (C=O) groups excluding carboxylic acids is 2. The zero-order chi connectivity index (χ0) is 24.6. The highest BCUT2D eigenvalue weighted by Gasteiger charge is 2.32. The standard InChI is InChI=1S/C29H37N3O3/c1-22(2)30-28(33)17-24-14-15-32-20-25(24)12-8-16-35-27-13-7-6-11-26(27)19-31(21-29(32)34)18-23-9-4-3-5-10-23/h3-13,22,24-25H,14-21H2,1-2H3,(H,30,33)/b12-8+/t24-,25-/m0/s1. The molecule has 0 aromatic heterocycles. The van der Waals surface area contributed by atoms with E-state index < -0.39 is 0 Å². The number of hydrogen-bond acceptors (Lipinski definition) is 4. The molecule has 4 rings (SSSR count). The highest BCUT2D eigenvalue weighted by molar-refractivity contribution is 5.79. The van der Waals surface area contributed by atoms with Crippen LogP contribution in [0.1, 0.15) is 37.8 Å². The van der Waals surface area contributed by atoms with E-state index in [-0.39, 0.29) is 29.7 Å². The number of hydrogen-bond donors (Lipinski definition) is 1. The van der Waals surface area contributed by atoms with Crippen molar-refractivity contribution >= 4 is 11.8 Å². The summed E-state index contributed by atoms with van der Waals surface area (Å²) in [6.07, 6.45) is 5.50. The molecule has 2 aliphatic rings. The van der Waals surface area contributed by atoms with E-state index in [0.717, 1.165) is 17.7 Å². The number of amides is 2. The predicted molar refractivity (Wildman–Crippen MR) is 138 cm³/mol. The van der Waals surface area contributed by atoms with Gasteiger partial charge in [-0.3, -0.25) is 14.5 Å². The van der Waals surface area contributed by atoms with Crippen molar-refractivity contribution in [3.8, 4) is 5.75 Å². The van der Waals surface area contributed by atoms with Gasteiger partial charge in [0.05, 0.1) is 6.54 Å². The molecule has 2 bridgehead atoms. The second-order valence-electron chi connectivity index (χ2n) is 9.96. The first-order valence-electron chi connectivity index (χ1n) is 12.7. The molecule has 2 atom stereocenters. The van der Waals surface area contributed by atoms with Gasteiger partial charge in [0.1, 0.15) is 12.4 Å². The van der Waals surface area contributed by atoms with E-state index in [1.165, 1.54) is 5.56 Å². The Morgan fingerprint density at radius 2 is 1.86 bits per heavy atom. The van der Waals surface area contributed by atoms with E-state index in [9.17, 15) is 9.59 Å². The Morgan fingerprint density at radius 3 is 2.66 bits per heavy atom. The van der Waals surface area contributed by atoms with Gasteiger partial charge in [-0.15, -0.1) is 0 Å². The third-order valence-electron chi connectivity index (χ3n) is 6.75. The Bertz CT molecular complexity index is 1020. The molecule has 6 nitrogen and oxygen atoms in total. The molecule has 0 saturated carbocycles. The van der Waals surface area contributed by atoms with Gasteiger partial charge in [-0.25, -0.2) is 0 Å². The first-order valence-corrected chi connectivity index (χ1v) is 12.7. The average molecular weight is 476 g/mol. The normalized spacial score (nSPS) is 22.3. The van der Waals surface area contributed by atoms with Crippen molar-refractivity contribution in [3.63, 3.8) is 0 Å². The third-order valence-corrected chi connectivity index (χ3v) is 6.75. The molecule has 0 radical (unpaired) electrons. The SMILES string of the molecule is CC(C)NC(=O)C[C@@H]1CCN2C[C@@H]1/C=C/COc1ccccc1CN(Cc1ccccc1)CC2=O. The summed E-state index contributed by atoms with van der Waals surface area (Å²) in [5.41, 5.74) is 2.25. The monoisotopic (exact) mass is 475 g/mol. The minimum atomic E-state index is 0.0836. The molecular weight excluding hydrogens is 438 g/mol. The van der Waals surface area contributed by atoms with E-state index in [1.807, 2.05) is 61.2 Å². The van der Waals surface area contributed by atoms with E-state index >= 15 is 0 Å². The smallest absolute Gasteiger partial charge is 0.236 e. The lowest BCUT2D eigenvalue weighted by atomic mass is 9.82. The molecular formula is C29H37N3O3. The Kier molecular flexibility index (Phi) is 8.59. The van der Waals surface area contributed by atoms with Gasteiger partial charge in [-0.05, 0) is 43.7 Å². The lowest BCUT2D eigenvalue weighted by Crippen LogP contribution is -2.48. The van der Waals surface area contributed by atoms with Gasteiger partial charge < -0.3 is 15.0 Å². The molecule has 1 fully saturated rings. The molecule has 1 saturated heterocycles. The minimum Gasteiger partial charge on any atom is -0.489 e. The number of nitrogens with one attached hydrogen (secondary N) is 1. The maximum absolute atomic E-state index is 13.5. The molecule has 2 aromatic carbocycles.